The molecule has 2 aromatic heterocycles. The van der Waals surface area contributed by atoms with Crippen molar-refractivity contribution in [3.63, 3.8) is 0 Å². The zero-order valence-electron chi connectivity index (χ0n) is 19.8. The standard InChI is InChI=1S/C28H25ClN4O3/c1-36-26-11-5-4-10-25(26)33-27(34)23-8-2-3-9-24(23)32(28(33)35)16-6-7-22-17-30-19-31(22)18-20-12-14-21(29)15-13-20/h2-5,8-15,17,19H,6-7,16,18H2,1H3. The van der Waals surface area contributed by atoms with E-state index in [-0.39, 0.29) is 5.56 Å². The number of hydrogen-bond donors (Lipinski definition) is 0. The third-order valence-electron chi connectivity index (χ3n) is 6.26. The van der Waals surface area contributed by atoms with Crippen LogP contribution in [0.3, 0.4) is 0 Å². The molecule has 8 heteroatoms. The summed E-state index contributed by atoms with van der Waals surface area (Å²) in [5, 5.41) is 1.19. The van der Waals surface area contributed by atoms with E-state index in [2.05, 4.69) is 9.55 Å². The molecule has 0 bridgehead atoms. The van der Waals surface area contributed by atoms with Crippen LogP contribution in [-0.2, 0) is 19.5 Å². The lowest BCUT2D eigenvalue weighted by atomic mass is 10.2. The van der Waals surface area contributed by atoms with Crippen LogP contribution >= 0.6 is 11.6 Å². The minimum Gasteiger partial charge on any atom is -0.495 e. The Labute approximate surface area is 212 Å². The minimum atomic E-state index is -0.391. The lowest BCUT2D eigenvalue weighted by molar-refractivity contribution is 0.411. The summed E-state index contributed by atoms with van der Waals surface area (Å²) in [4.78, 5) is 31.3. The number of hydrogen-bond acceptors (Lipinski definition) is 4. The highest BCUT2D eigenvalue weighted by Gasteiger charge is 2.17. The van der Waals surface area contributed by atoms with Crippen LogP contribution in [0.1, 0.15) is 17.7 Å². The third-order valence-corrected chi connectivity index (χ3v) is 6.51. The Balaban J connectivity index is 1.46. The van der Waals surface area contributed by atoms with Gasteiger partial charge in [-0.2, -0.15) is 0 Å². The average Bonchev–Trinajstić information content (AvgIpc) is 3.34. The first-order chi connectivity index (χ1) is 17.6. The largest absolute Gasteiger partial charge is 0.495 e. The van der Waals surface area contributed by atoms with Gasteiger partial charge in [0, 0.05) is 30.0 Å². The summed E-state index contributed by atoms with van der Waals surface area (Å²) in [6.07, 6.45) is 5.09. The summed E-state index contributed by atoms with van der Waals surface area (Å²) in [6.45, 7) is 1.13. The molecule has 0 fully saturated rings. The van der Waals surface area contributed by atoms with Crippen LogP contribution < -0.4 is 16.0 Å². The van der Waals surface area contributed by atoms with Crippen LogP contribution in [-0.4, -0.2) is 25.8 Å². The highest BCUT2D eigenvalue weighted by Crippen LogP contribution is 2.20. The second-order valence-corrected chi connectivity index (χ2v) is 8.94. The average molecular weight is 501 g/mol. The van der Waals surface area contributed by atoms with E-state index in [9.17, 15) is 9.59 Å². The zero-order chi connectivity index (χ0) is 25.1. The van der Waals surface area contributed by atoms with E-state index in [1.807, 2.05) is 48.9 Å². The number of methoxy groups -OCH3 is 1. The number of benzene rings is 3. The molecule has 7 nitrogen and oxygen atoms in total. The fraction of sp³-hybridized carbons (Fsp3) is 0.179. The number of halogens is 1. The number of nitrogens with zero attached hydrogens (tertiary/aromatic N) is 4. The van der Waals surface area contributed by atoms with Crippen LogP contribution in [0.2, 0.25) is 5.02 Å². The highest BCUT2D eigenvalue weighted by molar-refractivity contribution is 6.30. The highest BCUT2D eigenvalue weighted by atomic mass is 35.5. The van der Waals surface area contributed by atoms with Crippen molar-refractivity contribution in [2.75, 3.05) is 7.11 Å². The zero-order valence-corrected chi connectivity index (χ0v) is 20.6. The van der Waals surface area contributed by atoms with Crippen molar-refractivity contribution in [3.05, 3.63) is 122 Å². The van der Waals surface area contributed by atoms with Gasteiger partial charge in [-0.1, -0.05) is 48.0 Å². The van der Waals surface area contributed by atoms with Gasteiger partial charge >= 0.3 is 5.69 Å². The number of imidazole rings is 1. The summed E-state index contributed by atoms with van der Waals surface area (Å²) >= 11 is 6.01. The molecule has 0 aliphatic carbocycles. The van der Waals surface area contributed by atoms with Gasteiger partial charge in [-0.25, -0.2) is 14.3 Å². The molecule has 0 unspecified atom stereocenters. The molecule has 5 aromatic rings. The first kappa shape index (κ1) is 23.6. The topological polar surface area (TPSA) is 71.0 Å². The molecule has 0 spiro atoms. The smallest absolute Gasteiger partial charge is 0.336 e. The summed E-state index contributed by atoms with van der Waals surface area (Å²) in [7, 11) is 1.52. The Morgan fingerprint density at radius 2 is 1.69 bits per heavy atom. The Kier molecular flexibility index (Phi) is 6.73. The SMILES string of the molecule is COc1ccccc1-n1c(=O)c2ccccc2n(CCCc2cncn2Cc2ccc(Cl)cc2)c1=O. The molecule has 36 heavy (non-hydrogen) atoms. The molecule has 0 amide bonds. The number of aromatic nitrogens is 4. The molecule has 0 aliphatic rings. The summed E-state index contributed by atoms with van der Waals surface area (Å²) in [6, 6.07) is 22.0. The van der Waals surface area contributed by atoms with Crippen LogP contribution in [0.25, 0.3) is 16.6 Å². The van der Waals surface area contributed by atoms with Crippen LogP contribution in [0, 0.1) is 0 Å². The van der Waals surface area contributed by atoms with E-state index in [0.29, 0.717) is 46.9 Å². The first-order valence-electron chi connectivity index (χ1n) is 11.7. The Morgan fingerprint density at radius 3 is 2.50 bits per heavy atom. The Morgan fingerprint density at radius 1 is 0.944 bits per heavy atom. The van der Waals surface area contributed by atoms with Crippen LogP contribution in [0.4, 0.5) is 0 Å². The predicted molar refractivity (Wildman–Crippen MR) is 141 cm³/mol. The Hall–Kier alpha value is -4.10. The van der Waals surface area contributed by atoms with Gasteiger partial charge in [-0.15, -0.1) is 0 Å². The molecule has 0 saturated carbocycles. The van der Waals surface area contributed by atoms with E-state index in [1.54, 1.807) is 41.0 Å². The molecular weight excluding hydrogens is 476 g/mol. The second kappa shape index (κ2) is 10.3. The maximum Gasteiger partial charge on any atom is 0.336 e. The number of para-hydroxylation sites is 3. The summed E-state index contributed by atoms with van der Waals surface area (Å²) in [5.41, 5.74) is 2.49. The van der Waals surface area contributed by atoms with E-state index < -0.39 is 5.69 Å². The maximum absolute atomic E-state index is 13.6. The van der Waals surface area contributed by atoms with Gasteiger partial charge < -0.3 is 9.30 Å². The van der Waals surface area contributed by atoms with Crippen molar-refractivity contribution >= 4 is 22.5 Å². The van der Waals surface area contributed by atoms with Gasteiger partial charge in [-0.3, -0.25) is 9.36 Å². The van der Waals surface area contributed by atoms with E-state index in [4.69, 9.17) is 16.3 Å². The van der Waals surface area contributed by atoms with Crippen molar-refractivity contribution in [2.24, 2.45) is 0 Å². The van der Waals surface area contributed by atoms with Crippen molar-refractivity contribution in [1.29, 1.82) is 0 Å². The number of ether oxygens (including phenoxy) is 1. The molecule has 0 radical (unpaired) electrons. The van der Waals surface area contributed by atoms with E-state index >= 15 is 0 Å². The molecule has 0 atom stereocenters. The van der Waals surface area contributed by atoms with Gasteiger partial charge in [0.25, 0.3) is 5.56 Å². The number of fused-ring (bicyclic) bond motifs is 1. The van der Waals surface area contributed by atoms with E-state index in [0.717, 1.165) is 17.7 Å². The molecular formula is C28H25ClN4O3. The first-order valence-corrected chi connectivity index (χ1v) is 12.1. The number of rotatable bonds is 8. The van der Waals surface area contributed by atoms with Gasteiger partial charge in [0.15, 0.2) is 0 Å². The molecule has 0 saturated heterocycles. The van der Waals surface area contributed by atoms with Crippen LogP contribution in [0.5, 0.6) is 5.75 Å². The van der Waals surface area contributed by atoms with Gasteiger partial charge in [0.2, 0.25) is 0 Å². The third kappa shape index (κ3) is 4.57. The second-order valence-electron chi connectivity index (χ2n) is 8.51. The fourth-order valence-electron chi connectivity index (χ4n) is 4.47. The van der Waals surface area contributed by atoms with Gasteiger partial charge in [-0.05, 0) is 54.8 Å². The molecule has 0 N–H and O–H groups in total. The molecule has 2 heterocycles. The molecule has 0 aliphatic heterocycles. The quantitative estimate of drug-likeness (QED) is 0.310. The van der Waals surface area contributed by atoms with Crippen molar-refractivity contribution in [3.8, 4) is 11.4 Å². The maximum atomic E-state index is 13.6. The predicted octanol–water partition coefficient (Wildman–Crippen LogP) is 4.69. The van der Waals surface area contributed by atoms with Crippen molar-refractivity contribution in [2.45, 2.75) is 25.9 Å². The normalized spacial score (nSPS) is 11.2. The summed E-state index contributed by atoms with van der Waals surface area (Å²) in [5.74, 6) is 0.463. The monoisotopic (exact) mass is 500 g/mol. The van der Waals surface area contributed by atoms with Gasteiger partial charge in [0.05, 0.1) is 30.0 Å². The van der Waals surface area contributed by atoms with Crippen molar-refractivity contribution in [1.82, 2.24) is 18.7 Å². The summed E-state index contributed by atoms with van der Waals surface area (Å²) < 4.78 is 10.4. The van der Waals surface area contributed by atoms with Gasteiger partial charge in [0.1, 0.15) is 5.75 Å². The van der Waals surface area contributed by atoms with E-state index in [1.165, 1.54) is 11.7 Å². The lowest BCUT2D eigenvalue weighted by Gasteiger charge is -2.16. The Bertz CT molecular complexity index is 1630. The lowest BCUT2D eigenvalue weighted by Crippen LogP contribution is -2.39. The minimum absolute atomic E-state index is 0.364. The molecule has 3 aromatic carbocycles. The van der Waals surface area contributed by atoms with Crippen LogP contribution in [0.15, 0.2) is 94.9 Å². The van der Waals surface area contributed by atoms with Crippen molar-refractivity contribution < 1.29 is 4.74 Å². The number of aryl methyl sites for hydroxylation is 2. The molecule has 5 rings (SSSR count). The molecule has 182 valence electrons. The fourth-order valence-corrected chi connectivity index (χ4v) is 4.59.